The number of nitriles is 1. The van der Waals surface area contributed by atoms with Crippen LogP contribution in [0.15, 0.2) is 48.5 Å². The minimum Gasteiger partial charge on any atom is -0.508 e. The topological polar surface area (TPSA) is 136 Å². The number of phenols is 1. The van der Waals surface area contributed by atoms with Gasteiger partial charge in [-0.05, 0) is 42.0 Å². The third-order valence-electron chi connectivity index (χ3n) is 3.68. The summed E-state index contributed by atoms with van der Waals surface area (Å²) in [6.07, 6.45) is 0. The monoisotopic (exact) mass is 401 g/mol. The van der Waals surface area contributed by atoms with Gasteiger partial charge in [0, 0.05) is 18.7 Å². The molecule has 2 amide bonds. The summed E-state index contributed by atoms with van der Waals surface area (Å²) in [5.74, 6) is -1.95. The lowest BCUT2D eigenvalue weighted by Gasteiger charge is -2.08. The Bertz CT molecular complexity index is 978. The van der Waals surface area contributed by atoms with Crippen LogP contribution in [0.1, 0.15) is 21.5 Å². The summed E-state index contributed by atoms with van der Waals surface area (Å²) in [7, 11) is -3.66. The molecule has 2 rings (SSSR count). The van der Waals surface area contributed by atoms with Gasteiger partial charge in [-0.3, -0.25) is 9.59 Å². The van der Waals surface area contributed by atoms with Crippen LogP contribution in [0.5, 0.6) is 5.75 Å². The second kappa shape index (κ2) is 9.53. The van der Waals surface area contributed by atoms with E-state index in [1.165, 1.54) is 48.5 Å². The highest BCUT2D eigenvalue weighted by molar-refractivity contribution is 7.91. The molecule has 0 unspecified atom stereocenters. The number of nitrogens with one attached hydrogen (secondary N) is 2. The summed E-state index contributed by atoms with van der Waals surface area (Å²) < 4.78 is 24.2. The minimum absolute atomic E-state index is 0.0472. The molecule has 0 aliphatic heterocycles. The molecular formula is C19H19N3O5S. The number of hydrogen-bond acceptors (Lipinski definition) is 6. The first kappa shape index (κ1) is 20.9. The van der Waals surface area contributed by atoms with E-state index in [1.54, 1.807) is 0 Å². The van der Waals surface area contributed by atoms with Gasteiger partial charge in [-0.15, -0.1) is 0 Å². The molecule has 0 radical (unpaired) electrons. The predicted octanol–water partition coefficient (Wildman–Crippen LogP) is 0.725. The van der Waals surface area contributed by atoms with Gasteiger partial charge in [-0.1, -0.05) is 12.1 Å². The van der Waals surface area contributed by atoms with E-state index in [-0.39, 0.29) is 30.5 Å². The van der Waals surface area contributed by atoms with Crippen molar-refractivity contribution in [1.82, 2.24) is 10.6 Å². The maximum absolute atomic E-state index is 12.1. The lowest BCUT2D eigenvalue weighted by Crippen LogP contribution is -2.37. The molecule has 0 aromatic heterocycles. The van der Waals surface area contributed by atoms with Crippen molar-refractivity contribution in [3.63, 3.8) is 0 Å². The Labute approximate surface area is 162 Å². The number of phenolic OH excluding ortho intramolecular Hbond substituents is 1. The van der Waals surface area contributed by atoms with E-state index in [1.807, 2.05) is 6.07 Å². The molecular weight excluding hydrogens is 382 g/mol. The first-order chi connectivity index (χ1) is 13.3. The van der Waals surface area contributed by atoms with Crippen LogP contribution in [-0.4, -0.2) is 44.2 Å². The van der Waals surface area contributed by atoms with Crippen LogP contribution >= 0.6 is 0 Å². The summed E-state index contributed by atoms with van der Waals surface area (Å²) in [5, 5.41) is 22.9. The average Bonchev–Trinajstić information content (AvgIpc) is 2.65. The number of carbonyl (C=O) groups is 2. The Kier molecular flexibility index (Phi) is 7.12. The van der Waals surface area contributed by atoms with Gasteiger partial charge >= 0.3 is 0 Å². The first-order valence-electron chi connectivity index (χ1n) is 8.32. The van der Waals surface area contributed by atoms with Crippen molar-refractivity contribution in [2.45, 2.75) is 5.75 Å². The summed E-state index contributed by atoms with van der Waals surface area (Å²) in [6.45, 7) is 0.205. The van der Waals surface area contributed by atoms with E-state index in [0.717, 1.165) is 0 Å². The average molecular weight is 401 g/mol. The lowest BCUT2D eigenvalue weighted by atomic mass is 10.2. The quantitative estimate of drug-likeness (QED) is 0.558. The van der Waals surface area contributed by atoms with Crippen LogP contribution in [0, 0.1) is 11.3 Å². The van der Waals surface area contributed by atoms with Crippen molar-refractivity contribution in [2.24, 2.45) is 0 Å². The minimum atomic E-state index is -3.66. The zero-order valence-electron chi connectivity index (χ0n) is 14.9. The molecule has 0 saturated heterocycles. The molecule has 0 heterocycles. The van der Waals surface area contributed by atoms with Crippen LogP contribution in [0.3, 0.4) is 0 Å². The van der Waals surface area contributed by atoms with E-state index >= 15 is 0 Å². The van der Waals surface area contributed by atoms with Crippen LogP contribution < -0.4 is 10.6 Å². The standard InChI is InChI=1S/C19H19N3O5S/c20-11-14-1-3-15(4-2-14)12-28(26,27)13-18(24)21-9-10-22-19(25)16-5-7-17(23)8-6-16/h1-8,23H,9-10,12-13H2,(H,21,24)(H,22,25). The van der Waals surface area contributed by atoms with Gasteiger partial charge in [-0.25, -0.2) is 8.42 Å². The van der Waals surface area contributed by atoms with Crippen LogP contribution in [0.25, 0.3) is 0 Å². The number of aromatic hydroxyl groups is 1. The number of rotatable bonds is 8. The number of nitrogens with zero attached hydrogens (tertiary/aromatic N) is 1. The van der Waals surface area contributed by atoms with Gasteiger partial charge in [0.05, 0.1) is 17.4 Å². The molecule has 2 aromatic carbocycles. The Balaban J connectivity index is 1.74. The molecule has 2 aromatic rings. The Morgan fingerprint density at radius 3 is 2.18 bits per heavy atom. The molecule has 0 aliphatic rings. The van der Waals surface area contributed by atoms with Crippen LogP contribution in [0.4, 0.5) is 0 Å². The maximum atomic E-state index is 12.1. The number of sulfone groups is 1. The molecule has 0 aliphatic carbocycles. The second-order valence-electron chi connectivity index (χ2n) is 5.99. The summed E-state index contributed by atoms with van der Waals surface area (Å²) >= 11 is 0. The molecule has 9 heteroatoms. The zero-order chi connectivity index (χ0) is 20.6. The molecule has 0 spiro atoms. The third kappa shape index (κ3) is 6.74. The number of benzene rings is 2. The van der Waals surface area contributed by atoms with Gasteiger partial charge in [0.15, 0.2) is 9.84 Å². The fraction of sp³-hybridized carbons (Fsp3) is 0.211. The van der Waals surface area contributed by atoms with Crippen molar-refractivity contribution in [1.29, 1.82) is 5.26 Å². The zero-order valence-corrected chi connectivity index (χ0v) is 15.7. The highest BCUT2D eigenvalue weighted by Gasteiger charge is 2.17. The first-order valence-corrected chi connectivity index (χ1v) is 10.1. The normalized spacial score (nSPS) is 10.7. The Morgan fingerprint density at radius 1 is 0.964 bits per heavy atom. The summed E-state index contributed by atoms with van der Waals surface area (Å²) in [5.41, 5.74) is 1.27. The van der Waals surface area contributed by atoms with Gasteiger partial charge in [-0.2, -0.15) is 5.26 Å². The molecule has 146 valence electrons. The molecule has 8 nitrogen and oxygen atoms in total. The van der Waals surface area contributed by atoms with E-state index in [9.17, 15) is 23.1 Å². The molecule has 0 bridgehead atoms. The fourth-order valence-corrected chi connectivity index (χ4v) is 3.63. The van der Waals surface area contributed by atoms with Crippen molar-refractivity contribution in [2.75, 3.05) is 18.8 Å². The van der Waals surface area contributed by atoms with Crippen molar-refractivity contribution in [3.05, 3.63) is 65.2 Å². The van der Waals surface area contributed by atoms with Crippen LogP contribution in [0.2, 0.25) is 0 Å². The SMILES string of the molecule is N#Cc1ccc(CS(=O)(=O)CC(=O)NCCNC(=O)c2ccc(O)cc2)cc1. The second-order valence-corrected chi connectivity index (χ2v) is 8.06. The van der Waals surface area contributed by atoms with Crippen molar-refractivity contribution >= 4 is 21.7 Å². The predicted molar refractivity (Wildman–Crippen MR) is 102 cm³/mol. The van der Waals surface area contributed by atoms with Crippen molar-refractivity contribution < 1.29 is 23.1 Å². The summed E-state index contributed by atoms with van der Waals surface area (Å²) in [6, 6.07) is 13.7. The van der Waals surface area contributed by atoms with E-state index in [4.69, 9.17) is 5.26 Å². The fourth-order valence-electron chi connectivity index (χ4n) is 2.32. The smallest absolute Gasteiger partial charge is 0.251 e. The maximum Gasteiger partial charge on any atom is 0.251 e. The van der Waals surface area contributed by atoms with Crippen molar-refractivity contribution in [3.8, 4) is 11.8 Å². The molecule has 0 fully saturated rings. The van der Waals surface area contributed by atoms with Crippen LogP contribution in [-0.2, 0) is 20.4 Å². The highest BCUT2D eigenvalue weighted by Crippen LogP contribution is 2.09. The number of amides is 2. The molecule has 0 saturated carbocycles. The lowest BCUT2D eigenvalue weighted by molar-refractivity contribution is -0.118. The largest absolute Gasteiger partial charge is 0.508 e. The van der Waals surface area contributed by atoms with E-state index in [2.05, 4.69) is 10.6 Å². The van der Waals surface area contributed by atoms with Gasteiger partial charge < -0.3 is 15.7 Å². The summed E-state index contributed by atoms with van der Waals surface area (Å²) in [4.78, 5) is 23.7. The molecule has 28 heavy (non-hydrogen) atoms. The highest BCUT2D eigenvalue weighted by atomic mass is 32.2. The molecule has 3 N–H and O–H groups in total. The van der Waals surface area contributed by atoms with E-state index < -0.39 is 21.5 Å². The van der Waals surface area contributed by atoms with Gasteiger partial charge in [0.1, 0.15) is 11.5 Å². The Morgan fingerprint density at radius 2 is 1.57 bits per heavy atom. The number of hydrogen-bond donors (Lipinski definition) is 3. The van der Waals surface area contributed by atoms with Gasteiger partial charge in [0.2, 0.25) is 5.91 Å². The number of carbonyl (C=O) groups excluding carboxylic acids is 2. The Hall–Kier alpha value is -3.38. The van der Waals surface area contributed by atoms with Gasteiger partial charge in [0.25, 0.3) is 5.91 Å². The molecule has 0 atom stereocenters. The third-order valence-corrected chi connectivity index (χ3v) is 5.16. The van der Waals surface area contributed by atoms with E-state index in [0.29, 0.717) is 16.7 Å².